The summed E-state index contributed by atoms with van der Waals surface area (Å²) in [5.41, 5.74) is 0.694. The predicted molar refractivity (Wildman–Crippen MR) is 56.0 cm³/mol. The fourth-order valence-electron chi connectivity index (χ4n) is 0.854. The van der Waals surface area contributed by atoms with Gasteiger partial charge >= 0.3 is 0 Å². The Labute approximate surface area is 84.2 Å². The van der Waals surface area contributed by atoms with Crippen LogP contribution < -0.4 is 10.1 Å². The van der Waals surface area contributed by atoms with E-state index in [0.29, 0.717) is 11.4 Å². The predicted octanol–water partition coefficient (Wildman–Crippen LogP) is 2.66. The summed E-state index contributed by atoms with van der Waals surface area (Å²) in [6.07, 6.45) is 0. The third kappa shape index (κ3) is 2.37. The number of anilines is 1. The van der Waals surface area contributed by atoms with Gasteiger partial charge in [-0.05, 0) is 12.1 Å². The van der Waals surface area contributed by atoms with Gasteiger partial charge in [-0.3, -0.25) is 4.79 Å². The van der Waals surface area contributed by atoms with Crippen molar-refractivity contribution in [2.75, 3.05) is 12.4 Å². The van der Waals surface area contributed by atoms with E-state index in [9.17, 15) is 4.79 Å². The standard InChI is InChI=1S/C8H8INO2/c1-12-7-5-3-2-4-6(7)10-8(9)11/h2-5H,1H3,(H,10,11). The number of amides is 1. The molecule has 0 atom stereocenters. The molecule has 12 heavy (non-hydrogen) atoms. The number of rotatable bonds is 2. The monoisotopic (exact) mass is 277 g/mol. The highest BCUT2D eigenvalue weighted by Crippen LogP contribution is 2.23. The zero-order chi connectivity index (χ0) is 8.97. The lowest BCUT2D eigenvalue weighted by Crippen LogP contribution is -2.01. The van der Waals surface area contributed by atoms with Gasteiger partial charge in [0.05, 0.1) is 12.8 Å². The molecule has 0 bridgehead atoms. The molecule has 0 aliphatic rings. The maximum Gasteiger partial charge on any atom is 0.285 e. The molecular formula is C8H8INO2. The van der Waals surface area contributed by atoms with Crippen LogP contribution in [0.5, 0.6) is 5.75 Å². The SMILES string of the molecule is COc1ccccc1NC(=O)I. The zero-order valence-electron chi connectivity index (χ0n) is 6.50. The van der Waals surface area contributed by atoms with Crippen molar-refractivity contribution < 1.29 is 9.53 Å². The van der Waals surface area contributed by atoms with Gasteiger partial charge in [0.25, 0.3) is 3.91 Å². The van der Waals surface area contributed by atoms with Crippen molar-refractivity contribution >= 4 is 32.2 Å². The highest BCUT2D eigenvalue weighted by atomic mass is 127. The molecule has 0 aliphatic heterocycles. The minimum Gasteiger partial charge on any atom is -0.495 e. The van der Waals surface area contributed by atoms with E-state index >= 15 is 0 Å². The van der Waals surface area contributed by atoms with E-state index in [2.05, 4.69) is 5.32 Å². The van der Waals surface area contributed by atoms with E-state index in [-0.39, 0.29) is 3.91 Å². The summed E-state index contributed by atoms with van der Waals surface area (Å²) in [4.78, 5) is 10.7. The van der Waals surface area contributed by atoms with Gasteiger partial charge in [-0.25, -0.2) is 0 Å². The second kappa shape index (κ2) is 4.30. The molecule has 4 heteroatoms. The van der Waals surface area contributed by atoms with E-state index in [1.165, 1.54) is 0 Å². The lowest BCUT2D eigenvalue weighted by atomic mass is 10.3. The number of ether oxygens (including phenoxy) is 1. The number of halogens is 1. The Balaban J connectivity index is 2.89. The number of carbonyl (C=O) groups is 1. The number of benzene rings is 1. The first-order valence-electron chi connectivity index (χ1n) is 3.33. The first kappa shape index (κ1) is 9.31. The van der Waals surface area contributed by atoms with Gasteiger partial charge in [-0.2, -0.15) is 0 Å². The maximum atomic E-state index is 10.7. The second-order valence-electron chi connectivity index (χ2n) is 2.10. The van der Waals surface area contributed by atoms with Crippen molar-refractivity contribution in [2.24, 2.45) is 0 Å². The molecule has 0 saturated heterocycles. The summed E-state index contributed by atoms with van der Waals surface area (Å²) in [6, 6.07) is 7.27. The van der Waals surface area contributed by atoms with Gasteiger partial charge in [-0.1, -0.05) is 12.1 Å². The van der Waals surface area contributed by atoms with Gasteiger partial charge in [0, 0.05) is 22.6 Å². The molecule has 1 N–H and O–H groups in total. The lowest BCUT2D eigenvalue weighted by molar-refractivity contribution is 0.271. The average Bonchev–Trinajstić information content (AvgIpc) is 2.04. The number of carbonyl (C=O) groups excluding carboxylic acids is 1. The van der Waals surface area contributed by atoms with E-state index in [1.807, 2.05) is 12.1 Å². The Morgan fingerprint density at radius 2 is 2.17 bits per heavy atom. The first-order chi connectivity index (χ1) is 5.74. The van der Waals surface area contributed by atoms with E-state index in [4.69, 9.17) is 4.74 Å². The molecule has 0 saturated carbocycles. The largest absolute Gasteiger partial charge is 0.495 e. The van der Waals surface area contributed by atoms with Crippen molar-refractivity contribution in [2.45, 2.75) is 0 Å². The third-order valence-electron chi connectivity index (χ3n) is 1.34. The van der Waals surface area contributed by atoms with Crippen molar-refractivity contribution in [3.8, 4) is 5.75 Å². The molecule has 0 aliphatic carbocycles. The minimum atomic E-state index is -0.128. The number of methoxy groups -OCH3 is 1. The smallest absolute Gasteiger partial charge is 0.285 e. The highest BCUT2D eigenvalue weighted by molar-refractivity contribution is 14.1. The summed E-state index contributed by atoms with van der Waals surface area (Å²) in [5, 5.41) is 2.65. The summed E-state index contributed by atoms with van der Waals surface area (Å²) >= 11 is 1.67. The Morgan fingerprint density at radius 3 is 2.75 bits per heavy atom. The fourth-order valence-corrected chi connectivity index (χ4v) is 1.14. The summed E-state index contributed by atoms with van der Waals surface area (Å²) in [7, 11) is 1.57. The number of hydrogen-bond acceptors (Lipinski definition) is 2. The number of nitrogens with one attached hydrogen (secondary N) is 1. The van der Waals surface area contributed by atoms with E-state index in [0.717, 1.165) is 0 Å². The van der Waals surface area contributed by atoms with Crippen molar-refractivity contribution in [1.82, 2.24) is 0 Å². The van der Waals surface area contributed by atoms with Gasteiger partial charge in [0.1, 0.15) is 5.75 Å². The molecule has 1 amide bonds. The molecule has 3 nitrogen and oxygen atoms in total. The quantitative estimate of drug-likeness (QED) is 0.512. The van der Waals surface area contributed by atoms with Crippen LogP contribution in [0.3, 0.4) is 0 Å². The maximum absolute atomic E-state index is 10.7. The van der Waals surface area contributed by atoms with Crippen molar-refractivity contribution in [1.29, 1.82) is 0 Å². The van der Waals surface area contributed by atoms with Crippen LogP contribution >= 0.6 is 22.6 Å². The molecule has 0 heterocycles. The molecule has 0 spiro atoms. The lowest BCUT2D eigenvalue weighted by Gasteiger charge is -2.06. The fraction of sp³-hybridized carbons (Fsp3) is 0.125. The minimum absolute atomic E-state index is 0.128. The van der Waals surface area contributed by atoms with Crippen LogP contribution in [0.4, 0.5) is 10.5 Å². The van der Waals surface area contributed by atoms with Crippen molar-refractivity contribution in [3.63, 3.8) is 0 Å². The highest BCUT2D eigenvalue weighted by Gasteiger charge is 2.02. The molecular weight excluding hydrogens is 269 g/mol. The van der Waals surface area contributed by atoms with Gasteiger partial charge in [-0.15, -0.1) is 0 Å². The van der Waals surface area contributed by atoms with Crippen LogP contribution in [0.15, 0.2) is 24.3 Å². The number of para-hydroxylation sites is 2. The Bertz CT molecular complexity index is 288. The Hall–Kier alpha value is -0.780. The molecule has 0 fully saturated rings. The topological polar surface area (TPSA) is 38.3 Å². The normalized spacial score (nSPS) is 9.17. The Kier molecular flexibility index (Phi) is 3.33. The zero-order valence-corrected chi connectivity index (χ0v) is 8.66. The molecule has 1 aromatic carbocycles. The van der Waals surface area contributed by atoms with Crippen LogP contribution in [0.1, 0.15) is 0 Å². The van der Waals surface area contributed by atoms with Crippen molar-refractivity contribution in [3.05, 3.63) is 24.3 Å². The van der Waals surface area contributed by atoms with E-state index < -0.39 is 0 Å². The van der Waals surface area contributed by atoms with Gasteiger partial charge < -0.3 is 10.1 Å². The van der Waals surface area contributed by atoms with Gasteiger partial charge in [0.15, 0.2) is 0 Å². The van der Waals surface area contributed by atoms with Crippen LogP contribution in [0.25, 0.3) is 0 Å². The van der Waals surface area contributed by atoms with Crippen LogP contribution in [0, 0.1) is 0 Å². The van der Waals surface area contributed by atoms with Crippen LogP contribution in [0.2, 0.25) is 0 Å². The summed E-state index contributed by atoms with van der Waals surface area (Å²) in [6.45, 7) is 0. The second-order valence-corrected chi connectivity index (χ2v) is 3.08. The molecule has 1 rings (SSSR count). The molecule has 1 aromatic rings. The molecule has 64 valence electrons. The molecule has 0 unspecified atom stereocenters. The number of hydrogen-bond donors (Lipinski definition) is 1. The van der Waals surface area contributed by atoms with Crippen LogP contribution in [-0.4, -0.2) is 11.0 Å². The van der Waals surface area contributed by atoms with E-state index in [1.54, 1.807) is 41.8 Å². The molecule has 0 aromatic heterocycles. The van der Waals surface area contributed by atoms with Crippen LogP contribution in [-0.2, 0) is 0 Å². The first-order valence-corrected chi connectivity index (χ1v) is 4.41. The third-order valence-corrected chi connectivity index (χ3v) is 1.61. The van der Waals surface area contributed by atoms with Gasteiger partial charge in [0.2, 0.25) is 0 Å². The summed E-state index contributed by atoms with van der Waals surface area (Å²) < 4.78 is 4.90. The Morgan fingerprint density at radius 1 is 1.50 bits per heavy atom. The average molecular weight is 277 g/mol. The molecule has 0 radical (unpaired) electrons. The summed E-state index contributed by atoms with van der Waals surface area (Å²) in [5.74, 6) is 0.669.